The average Bonchev–Trinajstić information content (AvgIpc) is 2.54. The fraction of sp³-hybridized carbons (Fsp3) is 0.235. The Morgan fingerprint density at radius 2 is 1.88 bits per heavy atom. The van der Waals surface area contributed by atoms with Gasteiger partial charge in [-0.15, -0.1) is 0 Å². The summed E-state index contributed by atoms with van der Waals surface area (Å²) >= 11 is 0. The van der Waals surface area contributed by atoms with E-state index in [2.05, 4.69) is 4.72 Å². The normalized spacial score (nSPS) is 17.2. The molecule has 6 nitrogen and oxygen atoms in total. The second kappa shape index (κ2) is 5.83. The van der Waals surface area contributed by atoms with Gasteiger partial charge in [-0.3, -0.25) is 9.52 Å². The summed E-state index contributed by atoms with van der Waals surface area (Å²) in [4.78, 5) is 13.5. The first-order chi connectivity index (χ1) is 11.3. The monoisotopic (exact) mass is 346 g/mol. The molecule has 126 valence electrons. The first-order valence-corrected chi connectivity index (χ1v) is 8.94. The number of benzene rings is 2. The summed E-state index contributed by atoms with van der Waals surface area (Å²) < 4.78 is 33.4. The number of carbonyl (C=O) groups excluding carboxylic acids is 1. The molecule has 0 aromatic heterocycles. The Kier molecular flexibility index (Phi) is 3.96. The number of ether oxygens (including phenoxy) is 1. The minimum absolute atomic E-state index is 0.0716. The molecule has 0 spiro atoms. The summed E-state index contributed by atoms with van der Waals surface area (Å²) in [7, 11) is -2.16. The molecule has 0 aliphatic carbocycles. The summed E-state index contributed by atoms with van der Waals surface area (Å²) in [6.45, 7) is 3.48. The van der Waals surface area contributed by atoms with Crippen molar-refractivity contribution in [3.05, 3.63) is 48.0 Å². The van der Waals surface area contributed by atoms with Crippen molar-refractivity contribution < 1.29 is 17.9 Å². The smallest absolute Gasteiger partial charge is 0.267 e. The van der Waals surface area contributed by atoms with Crippen molar-refractivity contribution in [2.75, 3.05) is 16.7 Å². The number of likely N-dealkylation sites (N-methyl/N-ethyl adjacent to an activating group) is 1. The topological polar surface area (TPSA) is 75.7 Å². The predicted octanol–water partition coefficient (Wildman–Crippen LogP) is 2.54. The number of nitrogens with one attached hydrogen (secondary N) is 1. The Hall–Kier alpha value is -2.54. The zero-order chi connectivity index (χ0) is 17.5. The van der Waals surface area contributed by atoms with Crippen molar-refractivity contribution in [3.8, 4) is 5.75 Å². The minimum atomic E-state index is -3.77. The number of amides is 1. The van der Waals surface area contributed by atoms with E-state index in [1.807, 2.05) is 19.1 Å². The van der Waals surface area contributed by atoms with Crippen LogP contribution in [0.2, 0.25) is 0 Å². The van der Waals surface area contributed by atoms with Crippen molar-refractivity contribution >= 4 is 27.3 Å². The van der Waals surface area contributed by atoms with E-state index in [9.17, 15) is 13.2 Å². The molecule has 1 heterocycles. The van der Waals surface area contributed by atoms with E-state index >= 15 is 0 Å². The third-order valence-electron chi connectivity index (χ3n) is 3.97. The van der Waals surface area contributed by atoms with Crippen LogP contribution in [-0.4, -0.2) is 27.5 Å². The first kappa shape index (κ1) is 16.3. The predicted molar refractivity (Wildman–Crippen MR) is 91.9 cm³/mol. The Balaban J connectivity index is 1.98. The molecule has 1 amide bonds. The number of aryl methyl sites for hydroxylation is 1. The third kappa shape index (κ3) is 2.82. The molecule has 24 heavy (non-hydrogen) atoms. The molecule has 1 N–H and O–H groups in total. The zero-order valence-electron chi connectivity index (χ0n) is 13.6. The molecule has 1 aliphatic rings. The van der Waals surface area contributed by atoms with Crippen LogP contribution in [0.15, 0.2) is 47.4 Å². The Labute approximate surface area is 141 Å². The molecule has 0 radical (unpaired) electrons. The molecule has 7 heteroatoms. The lowest BCUT2D eigenvalue weighted by Gasteiger charge is -2.30. The average molecular weight is 346 g/mol. The zero-order valence-corrected chi connectivity index (χ0v) is 14.4. The van der Waals surface area contributed by atoms with Crippen LogP contribution in [0.3, 0.4) is 0 Å². The van der Waals surface area contributed by atoms with Crippen LogP contribution >= 0.6 is 0 Å². The van der Waals surface area contributed by atoms with Crippen LogP contribution in [0.1, 0.15) is 12.5 Å². The number of rotatable bonds is 3. The molecular weight excluding hydrogens is 328 g/mol. The maximum Gasteiger partial charge on any atom is 0.267 e. The lowest BCUT2D eigenvalue weighted by molar-refractivity contribution is -0.125. The summed E-state index contributed by atoms with van der Waals surface area (Å²) in [5, 5.41) is 0. The minimum Gasteiger partial charge on any atom is -0.479 e. The van der Waals surface area contributed by atoms with Gasteiger partial charge in [-0.2, -0.15) is 0 Å². The summed E-state index contributed by atoms with van der Waals surface area (Å²) in [5.41, 5.74) is 1.78. The van der Waals surface area contributed by atoms with Crippen molar-refractivity contribution in [1.82, 2.24) is 0 Å². The van der Waals surface area contributed by atoms with Gasteiger partial charge in [0.15, 0.2) is 6.10 Å². The van der Waals surface area contributed by atoms with E-state index in [1.54, 1.807) is 32.2 Å². The number of carbonyl (C=O) groups is 1. The Morgan fingerprint density at radius 3 is 2.58 bits per heavy atom. The first-order valence-electron chi connectivity index (χ1n) is 7.46. The fourth-order valence-electron chi connectivity index (χ4n) is 2.55. The number of sulfonamides is 1. The number of hydrogen-bond acceptors (Lipinski definition) is 4. The SMILES string of the molecule is Cc1ccccc1NS(=O)(=O)c1ccc2c(c1)N(C)C(=O)C(C)O2. The molecule has 0 fully saturated rings. The van der Waals surface area contributed by atoms with Crippen molar-refractivity contribution in [2.24, 2.45) is 0 Å². The third-order valence-corrected chi connectivity index (χ3v) is 5.34. The maximum absolute atomic E-state index is 12.6. The molecule has 0 saturated heterocycles. The van der Waals surface area contributed by atoms with Crippen LogP contribution < -0.4 is 14.4 Å². The fourth-order valence-corrected chi connectivity index (χ4v) is 3.70. The molecule has 3 rings (SSSR count). The lowest BCUT2D eigenvalue weighted by atomic mass is 10.2. The van der Waals surface area contributed by atoms with Gasteiger partial charge in [0.2, 0.25) is 0 Å². The van der Waals surface area contributed by atoms with Crippen LogP contribution in [-0.2, 0) is 14.8 Å². The number of anilines is 2. The molecule has 1 aliphatic heterocycles. The highest BCUT2D eigenvalue weighted by atomic mass is 32.2. The van der Waals surface area contributed by atoms with E-state index in [-0.39, 0.29) is 10.8 Å². The second-order valence-electron chi connectivity index (χ2n) is 5.71. The number of para-hydroxylation sites is 1. The molecule has 1 atom stereocenters. The van der Waals surface area contributed by atoms with Gasteiger partial charge in [-0.1, -0.05) is 18.2 Å². The van der Waals surface area contributed by atoms with Gasteiger partial charge in [-0.05, 0) is 43.7 Å². The van der Waals surface area contributed by atoms with Gasteiger partial charge in [0.1, 0.15) is 5.75 Å². The van der Waals surface area contributed by atoms with Crippen molar-refractivity contribution in [3.63, 3.8) is 0 Å². The van der Waals surface area contributed by atoms with E-state index < -0.39 is 16.1 Å². The maximum atomic E-state index is 12.6. The number of hydrogen-bond donors (Lipinski definition) is 1. The van der Waals surface area contributed by atoms with Crippen LogP contribution in [0.25, 0.3) is 0 Å². The molecular formula is C17H18N2O4S. The van der Waals surface area contributed by atoms with Crippen LogP contribution in [0.5, 0.6) is 5.75 Å². The van der Waals surface area contributed by atoms with Gasteiger partial charge in [0.25, 0.3) is 15.9 Å². The number of nitrogens with zero attached hydrogens (tertiary/aromatic N) is 1. The van der Waals surface area contributed by atoms with Gasteiger partial charge >= 0.3 is 0 Å². The molecule has 2 aromatic rings. The highest BCUT2D eigenvalue weighted by Crippen LogP contribution is 2.35. The molecule has 0 bridgehead atoms. The highest BCUT2D eigenvalue weighted by molar-refractivity contribution is 7.92. The Bertz CT molecular complexity index is 909. The van der Waals surface area contributed by atoms with Gasteiger partial charge < -0.3 is 9.64 Å². The van der Waals surface area contributed by atoms with Gasteiger partial charge in [0.05, 0.1) is 16.3 Å². The van der Waals surface area contributed by atoms with E-state index in [0.717, 1.165) is 5.56 Å². The molecule has 2 aromatic carbocycles. The van der Waals surface area contributed by atoms with Gasteiger partial charge in [0, 0.05) is 7.05 Å². The van der Waals surface area contributed by atoms with E-state index in [1.165, 1.54) is 17.0 Å². The second-order valence-corrected chi connectivity index (χ2v) is 7.39. The quantitative estimate of drug-likeness (QED) is 0.927. The van der Waals surface area contributed by atoms with E-state index in [4.69, 9.17) is 4.74 Å². The summed E-state index contributed by atoms with van der Waals surface area (Å²) in [5.74, 6) is 0.267. The van der Waals surface area contributed by atoms with Crippen LogP contribution in [0, 0.1) is 6.92 Å². The largest absolute Gasteiger partial charge is 0.479 e. The van der Waals surface area contributed by atoms with Gasteiger partial charge in [-0.25, -0.2) is 8.42 Å². The standard InChI is InChI=1S/C17H18N2O4S/c1-11-6-4-5-7-14(11)18-24(21,22)13-8-9-16-15(10-13)19(3)17(20)12(2)23-16/h4-10,12,18H,1-3H3. The number of fused-ring (bicyclic) bond motifs is 1. The van der Waals surface area contributed by atoms with Crippen molar-refractivity contribution in [1.29, 1.82) is 0 Å². The summed E-state index contributed by atoms with van der Waals surface area (Å²) in [6.07, 6.45) is -0.588. The lowest BCUT2D eigenvalue weighted by Crippen LogP contribution is -2.42. The Morgan fingerprint density at radius 1 is 1.17 bits per heavy atom. The van der Waals surface area contributed by atoms with Crippen molar-refractivity contribution in [2.45, 2.75) is 24.8 Å². The molecule has 0 saturated carbocycles. The highest BCUT2D eigenvalue weighted by Gasteiger charge is 2.30. The van der Waals surface area contributed by atoms with Crippen LogP contribution in [0.4, 0.5) is 11.4 Å². The van der Waals surface area contributed by atoms with E-state index in [0.29, 0.717) is 17.1 Å². The molecule has 1 unspecified atom stereocenters. The summed E-state index contributed by atoms with van der Waals surface area (Å²) in [6, 6.07) is 11.6.